The van der Waals surface area contributed by atoms with Crippen molar-refractivity contribution in [3.05, 3.63) is 79.0 Å². The Kier molecular flexibility index (Phi) is 6.64. The van der Waals surface area contributed by atoms with E-state index in [4.69, 9.17) is 9.72 Å². The van der Waals surface area contributed by atoms with Crippen LogP contribution >= 0.6 is 0 Å². The number of hydrogen-bond acceptors (Lipinski definition) is 9. The van der Waals surface area contributed by atoms with Crippen LogP contribution in [0.1, 0.15) is 19.4 Å². The van der Waals surface area contributed by atoms with Crippen LogP contribution in [-0.4, -0.2) is 65.5 Å². The summed E-state index contributed by atoms with van der Waals surface area (Å²) in [4.78, 5) is 33.4. The van der Waals surface area contributed by atoms with E-state index in [0.29, 0.717) is 65.0 Å². The van der Waals surface area contributed by atoms with Gasteiger partial charge in [0.25, 0.3) is 5.91 Å². The summed E-state index contributed by atoms with van der Waals surface area (Å²) in [6.45, 7) is 9.67. The van der Waals surface area contributed by atoms with Gasteiger partial charge >= 0.3 is 0 Å². The van der Waals surface area contributed by atoms with E-state index >= 15 is 4.39 Å². The third-order valence-electron chi connectivity index (χ3n) is 7.24. The van der Waals surface area contributed by atoms with Gasteiger partial charge in [-0.1, -0.05) is 6.58 Å². The van der Waals surface area contributed by atoms with Gasteiger partial charge in [-0.05, 0) is 51.1 Å². The van der Waals surface area contributed by atoms with Gasteiger partial charge in [0.1, 0.15) is 35.5 Å². The maximum Gasteiger partial charge on any atom is 0.282 e. The minimum absolute atomic E-state index is 0.194. The smallest absolute Gasteiger partial charge is 0.282 e. The number of fused-ring (bicyclic) bond motifs is 2. The Morgan fingerprint density at radius 2 is 1.93 bits per heavy atom. The van der Waals surface area contributed by atoms with Crippen LogP contribution in [-0.2, 0) is 4.79 Å². The zero-order valence-electron chi connectivity index (χ0n) is 23.2. The Hall–Kier alpha value is -5.20. The Bertz CT molecular complexity index is 1860. The molecule has 1 N–H and O–H groups in total. The van der Waals surface area contributed by atoms with Gasteiger partial charge < -0.3 is 19.9 Å². The molecule has 0 saturated carbocycles. The monoisotopic (exact) mass is 571 g/mol. The van der Waals surface area contributed by atoms with Crippen LogP contribution < -0.4 is 15.0 Å². The van der Waals surface area contributed by atoms with Crippen molar-refractivity contribution in [2.75, 3.05) is 29.9 Å². The Morgan fingerprint density at radius 1 is 1.10 bits per heavy atom. The number of nitrogens with zero attached hydrogens (tertiary/aromatic N) is 8. The van der Waals surface area contributed by atoms with Gasteiger partial charge in [-0.3, -0.25) is 4.79 Å². The number of benzene rings is 1. The number of piperazine rings is 1. The van der Waals surface area contributed by atoms with Crippen molar-refractivity contribution in [3.63, 3.8) is 0 Å². The molecule has 1 saturated heterocycles. The molecule has 0 radical (unpaired) electrons. The number of aromatic nitrogens is 6. The molecule has 5 aromatic rings. The highest BCUT2D eigenvalue weighted by Crippen LogP contribution is 2.34. The number of amides is 1. The summed E-state index contributed by atoms with van der Waals surface area (Å²) in [6, 6.07) is 10.3. The zero-order chi connectivity index (χ0) is 29.6. The highest BCUT2D eigenvalue weighted by molar-refractivity contribution is 5.91. The summed E-state index contributed by atoms with van der Waals surface area (Å²) >= 11 is 0. The molecule has 13 heteroatoms. The van der Waals surface area contributed by atoms with E-state index < -0.39 is 23.1 Å². The molecule has 4 aromatic heterocycles. The molecular formula is C29H27F2N9O2. The second-order valence-electron chi connectivity index (χ2n) is 10.6. The van der Waals surface area contributed by atoms with Crippen LogP contribution in [0.3, 0.4) is 0 Å². The molecule has 1 aliphatic heterocycles. The molecule has 0 spiro atoms. The molecule has 6 rings (SSSR count). The summed E-state index contributed by atoms with van der Waals surface area (Å²) in [5.41, 5.74) is 1.46. The topological polar surface area (TPSA) is 114 Å². The average molecular weight is 572 g/mol. The molecule has 11 nitrogen and oxygen atoms in total. The number of anilines is 3. The number of rotatable bonds is 6. The maximum atomic E-state index is 15.6. The number of ether oxygens (including phenoxy) is 1. The number of carbonyl (C=O) groups is 1. The summed E-state index contributed by atoms with van der Waals surface area (Å²) < 4.78 is 36.7. The van der Waals surface area contributed by atoms with Gasteiger partial charge in [0.2, 0.25) is 0 Å². The van der Waals surface area contributed by atoms with Crippen LogP contribution in [0.25, 0.3) is 16.7 Å². The molecule has 1 aromatic carbocycles. The summed E-state index contributed by atoms with van der Waals surface area (Å²) in [5.74, 6) is -0.389. The summed E-state index contributed by atoms with van der Waals surface area (Å²) in [5, 5.41) is 7.12. The highest BCUT2D eigenvalue weighted by Gasteiger charge is 2.38. The molecule has 0 unspecified atom stereocenters. The molecule has 42 heavy (non-hydrogen) atoms. The normalized spacial score (nSPS) is 14.8. The van der Waals surface area contributed by atoms with Gasteiger partial charge in [-0.15, -0.1) is 0 Å². The van der Waals surface area contributed by atoms with Crippen LogP contribution in [0, 0.1) is 12.7 Å². The number of pyridine rings is 2. The number of halogens is 2. The van der Waals surface area contributed by atoms with Gasteiger partial charge in [-0.25, -0.2) is 33.2 Å². The van der Waals surface area contributed by atoms with Crippen LogP contribution in [0.5, 0.6) is 11.5 Å². The summed E-state index contributed by atoms with van der Waals surface area (Å²) in [6.07, 6.45) is 4.53. The van der Waals surface area contributed by atoms with Crippen LogP contribution in [0.2, 0.25) is 0 Å². The van der Waals surface area contributed by atoms with Crippen LogP contribution in [0.15, 0.2) is 67.7 Å². The minimum Gasteiger partial charge on any atom is -0.457 e. The lowest BCUT2D eigenvalue weighted by Gasteiger charge is -2.47. The van der Waals surface area contributed by atoms with Crippen molar-refractivity contribution in [2.45, 2.75) is 26.3 Å². The molecule has 0 atom stereocenters. The second kappa shape index (κ2) is 10.3. The molecule has 1 fully saturated rings. The van der Waals surface area contributed by atoms with Crippen molar-refractivity contribution in [1.82, 2.24) is 34.4 Å². The quantitative estimate of drug-likeness (QED) is 0.283. The first-order valence-corrected chi connectivity index (χ1v) is 13.2. The van der Waals surface area contributed by atoms with E-state index in [-0.39, 0.29) is 5.69 Å². The lowest BCUT2D eigenvalue weighted by Crippen LogP contribution is -2.61. The first-order valence-electron chi connectivity index (χ1n) is 13.2. The fourth-order valence-corrected chi connectivity index (χ4v) is 5.06. The van der Waals surface area contributed by atoms with Crippen molar-refractivity contribution in [2.24, 2.45) is 0 Å². The molecule has 0 aliphatic carbocycles. The molecule has 1 amide bonds. The first kappa shape index (κ1) is 27.0. The van der Waals surface area contributed by atoms with E-state index in [1.54, 1.807) is 41.9 Å². The Morgan fingerprint density at radius 3 is 2.71 bits per heavy atom. The van der Waals surface area contributed by atoms with E-state index in [2.05, 4.69) is 31.9 Å². The Balaban J connectivity index is 1.25. The van der Waals surface area contributed by atoms with E-state index in [9.17, 15) is 9.18 Å². The van der Waals surface area contributed by atoms with Crippen LogP contribution in [0.4, 0.5) is 26.1 Å². The Labute approximate surface area is 239 Å². The van der Waals surface area contributed by atoms with Gasteiger partial charge in [0.05, 0.1) is 16.7 Å². The summed E-state index contributed by atoms with van der Waals surface area (Å²) in [7, 11) is 0. The fourth-order valence-electron chi connectivity index (χ4n) is 5.06. The molecule has 1 aliphatic rings. The lowest BCUT2D eigenvalue weighted by atomic mass is 9.98. The van der Waals surface area contributed by atoms with Gasteiger partial charge in [0, 0.05) is 37.5 Å². The standard InChI is InChI=1S/C29H27F2N9O2/c1-17-22(42-19-9-10-40-24(13-19)33-16-35-40)7-5-20(25(17)31)36-27-26-21(32-15-34-27)6-8-23(37-26)38-11-12-39(28(41)18(2)30)29(3,4)14-38/h5-10,13,15-16H,2,11-12,14H2,1,3-4H3,(H,32,34,36). The van der Waals surface area contributed by atoms with Crippen molar-refractivity contribution in [3.8, 4) is 11.5 Å². The maximum absolute atomic E-state index is 15.6. The highest BCUT2D eigenvalue weighted by atomic mass is 19.1. The van der Waals surface area contributed by atoms with Gasteiger partial charge in [-0.2, -0.15) is 5.10 Å². The van der Waals surface area contributed by atoms with E-state index in [1.807, 2.05) is 30.9 Å². The zero-order valence-corrected chi connectivity index (χ0v) is 23.2. The third-order valence-corrected chi connectivity index (χ3v) is 7.24. The molecular weight excluding hydrogens is 544 g/mol. The van der Waals surface area contributed by atoms with Crippen molar-refractivity contribution < 1.29 is 18.3 Å². The second-order valence-corrected chi connectivity index (χ2v) is 10.6. The van der Waals surface area contributed by atoms with Crippen molar-refractivity contribution in [1.29, 1.82) is 0 Å². The molecule has 5 heterocycles. The first-order chi connectivity index (χ1) is 20.1. The number of carbonyl (C=O) groups excluding carboxylic acids is 1. The van der Waals surface area contributed by atoms with E-state index in [0.717, 1.165) is 0 Å². The van der Waals surface area contributed by atoms with Gasteiger partial charge in [0.15, 0.2) is 23.1 Å². The third kappa shape index (κ3) is 4.93. The van der Waals surface area contributed by atoms with E-state index in [1.165, 1.54) is 17.6 Å². The molecule has 0 bridgehead atoms. The largest absolute Gasteiger partial charge is 0.457 e. The number of nitrogens with one attached hydrogen (secondary N) is 1. The minimum atomic E-state index is -0.983. The fraction of sp³-hybridized carbons (Fsp3) is 0.241. The lowest BCUT2D eigenvalue weighted by molar-refractivity contribution is -0.134. The average Bonchev–Trinajstić information content (AvgIpc) is 3.44. The number of hydrogen-bond donors (Lipinski definition) is 1. The predicted octanol–water partition coefficient (Wildman–Crippen LogP) is 4.96. The molecule has 214 valence electrons. The SMILES string of the molecule is C=C(F)C(=O)N1CCN(c2ccc3ncnc(Nc4ccc(Oc5ccn6ncnc6c5)c(C)c4F)c3n2)CC1(C)C. The van der Waals surface area contributed by atoms with Crippen molar-refractivity contribution >= 4 is 39.9 Å². The predicted molar refractivity (Wildman–Crippen MR) is 153 cm³/mol.